The van der Waals surface area contributed by atoms with Crippen LogP contribution in [0.4, 0.5) is 0 Å². The summed E-state index contributed by atoms with van der Waals surface area (Å²) in [7, 11) is 0. The largest absolute Gasteiger partial charge is 0.373 e. The first-order valence-corrected chi connectivity index (χ1v) is 5.41. The number of hydrogen-bond donors (Lipinski definition) is 1. The van der Waals surface area contributed by atoms with Crippen LogP contribution in [-0.2, 0) is 4.79 Å². The highest BCUT2D eigenvalue weighted by molar-refractivity contribution is 6.27. The van der Waals surface area contributed by atoms with Gasteiger partial charge in [0.15, 0.2) is 0 Å². The van der Waals surface area contributed by atoms with Gasteiger partial charge < -0.3 is 5.11 Å². The summed E-state index contributed by atoms with van der Waals surface area (Å²) in [6.45, 7) is 5.30. The second kappa shape index (κ2) is 5.68. The molecule has 1 aromatic rings. The number of halogens is 1. The van der Waals surface area contributed by atoms with E-state index in [9.17, 15) is 9.90 Å². The van der Waals surface area contributed by atoms with Gasteiger partial charge in [0.2, 0.25) is 5.91 Å². The molecule has 0 aromatic heterocycles. The molecule has 16 heavy (non-hydrogen) atoms. The van der Waals surface area contributed by atoms with Gasteiger partial charge in [-0.3, -0.25) is 9.69 Å². The molecule has 0 aliphatic heterocycles. The molecule has 1 amide bonds. The Kier molecular flexibility index (Phi) is 4.52. The average Bonchev–Trinajstić information content (AvgIpc) is 2.29. The molecule has 1 aromatic carbocycles. The van der Waals surface area contributed by atoms with Gasteiger partial charge in [0.1, 0.15) is 12.1 Å². The molecule has 0 heterocycles. The molecule has 0 spiro atoms. The standard InChI is InChI=1S/C12H14ClNO2/c1-9(11-6-4-3-5-7-11)14(10(2)15)12(16)8-13/h3-7,10,15H,1,8H2,2H3. The Morgan fingerprint density at radius 1 is 1.50 bits per heavy atom. The smallest absolute Gasteiger partial charge is 0.244 e. The molecule has 1 atom stereocenters. The highest BCUT2D eigenvalue weighted by Crippen LogP contribution is 2.19. The van der Waals surface area contributed by atoms with Crippen molar-refractivity contribution in [2.24, 2.45) is 0 Å². The van der Waals surface area contributed by atoms with Crippen molar-refractivity contribution >= 4 is 23.2 Å². The summed E-state index contributed by atoms with van der Waals surface area (Å²) < 4.78 is 0. The van der Waals surface area contributed by atoms with Crippen LogP contribution in [0.15, 0.2) is 36.9 Å². The lowest BCUT2D eigenvalue weighted by atomic mass is 10.1. The monoisotopic (exact) mass is 239 g/mol. The third kappa shape index (κ3) is 2.84. The highest BCUT2D eigenvalue weighted by atomic mass is 35.5. The number of amides is 1. The molecule has 0 aliphatic rings. The first-order chi connectivity index (χ1) is 7.57. The fourth-order valence-electron chi connectivity index (χ4n) is 1.42. The van der Waals surface area contributed by atoms with Gasteiger partial charge in [-0.05, 0) is 12.5 Å². The van der Waals surface area contributed by atoms with Gasteiger partial charge in [0.05, 0.1) is 0 Å². The topological polar surface area (TPSA) is 40.5 Å². The summed E-state index contributed by atoms with van der Waals surface area (Å²) in [5.74, 6) is -0.554. The number of aliphatic hydroxyl groups is 1. The van der Waals surface area contributed by atoms with E-state index in [1.807, 2.05) is 30.3 Å². The minimum atomic E-state index is -0.945. The van der Waals surface area contributed by atoms with Crippen LogP contribution in [0.1, 0.15) is 12.5 Å². The van der Waals surface area contributed by atoms with Crippen molar-refractivity contribution in [2.45, 2.75) is 13.2 Å². The first-order valence-electron chi connectivity index (χ1n) is 4.88. The Labute approximate surface area is 100.0 Å². The van der Waals surface area contributed by atoms with E-state index in [1.165, 1.54) is 11.8 Å². The Morgan fingerprint density at radius 2 is 2.06 bits per heavy atom. The van der Waals surface area contributed by atoms with E-state index in [2.05, 4.69) is 6.58 Å². The summed E-state index contributed by atoms with van der Waals surface area (Å²) in [6, 6.07) is 9.18. The molecule has 1 rings (SSSR count). The van der Waals surface area contributed by atoms with E-state index in [1.54, 1.807) is 0 Å². The third-order valence-corrected chi connectivity index (χ3v) is 2.38. The summed E-state index contributed by atoms with van der Waals surface area (Å²) >= 11 is 5.48. The Bertz CT molecular complexity index is 376. The van der Waals surface area contributed by atoms with Gasteiger partial charge in [0, 0.05) is 5.70 Å². The van der Waals surface area contributed by atoms with Gasteiger partial charge in [-0.1, -0.05) is 36.9 Å². The van der Waals surface area contributed by atoms with Crippen LogP contribution in [0.25, 0.3) is 5.70 Å². The van der Waals surface area contributed by atoms with Crippen molar-refractivity contribution in [2.75, 3.05) is 5.88 Å². The van der Waals surface area contributed by atoms with Crippen molar-refractivity contribution < 1.29 is 9.90 Å². The fourth-order valence-corrected chi connectivity index (χ4v) is 1.55. The minimum Gasteiger partial charge on any atom is -0.373 e. The molecular formula is C12H14ClNO2. The van der Waals surface area contributed by atoms with Crippen LogP contribution in [-0.4, -0.2) is 28.0 Å². The SMILES string of the molecule is C=C(c1ccccc1)N(C(=O)CCl)C(C)O. The van der Waals surface area contributed by atoms with Crippen LogP contribution in [0.5, 0.6) is 0 Å². The van der Waals surface area contributed by atoms with Crippen LogP contribution in [0.2, 0.25) is 0 Å². The van der Waals surface area contributed by atoms with Gasteiger partial charge >= 0.3 is 0 Å². The lowest BCUT2D eigenvalue weighted by molar-refractivity contribution is -0.131. The fraction of sp³-hybridized carbons (Fsp3) is 0.250. The number of carbonyl (C=O) groups excluding carboxylic acids is 1. The van der Waals surface area contributed by atoms with E-state index in [-0.39, 0.29) is 11.8 Å². The second-order valence-corrected chi connectivity index (χ2v) is 3.61. The molecule has 0 bridgehead atoms. The predicted octanol–water partition coefficient (Wildman–Crippen LogP) is 2.06. The molecule has 4 heteroatoms. The highest BCUT2D eigenvalue weighted by Gasteiger charge is 2.20. The van der Waals surface area contributed by atoms with E-state index in [0.29, 0.717) is 5.70 Å². The zero-order chi connectivity index (χ0) is 12.1. The zero-order valence-corrected chi connectivity index (χ0v) is 9.81. The molecule has 1 unspecified atom stereocenters. The zero-order valence-electron chi connectivity index (χ0n) is 9.06. The average molecular weight is 240 g/mol. The van der Waals surface area contributed by atoms with E-state index in [0.717, 1.165) is 5.56 Å². The van der Waals surface area contributed by atoms with Crippen molar-refractivity contribution in [3.63, 3.8) is 0 Å². The number of hydrogen-bond acceptors (Lipinski definition) is 2. The number of carbonyl (C=O) groups is 1. The van der Waals surface area contributed by atoms with Gasteiger partial charge in [-0.25, -0.2) is 0 Å². The summed E-state index contributed by atoms with van der Waals surface area (Å²) in [5.41, 5.74) is 1.23. The van der Waals surface area contributed by atoms with Crippen molar-refractivity contribution in [3.05, 3.63) is 42.5 Å². The Hall–Kier alpha value is -1.32. The van der Waals surface area contributed by atoms with Gasteiger partial charge in [0.25, 0.3) is 0 Å². The summed E-state index contributed by atoms with van der Waals surface area (Å²) in [6.07, 6.45) is -0.945. The lowest BCUT2D eigenvalue weighted by Gasteiger charge is -2.26. The molecule has 3 nitrogen and oxygen atoms in total. The molecule has 0 saturated heterocycles. The third-order valence-electron chi connectivity index (χ3n) is 2.15. The molecule has 0 radical (unpaired) electrons. The quantitative estimate of drug-likeness (QED) is 0.646. The molecule has 0 fully saturated rings. The van der Waals surface area contributed by atoms with Gasteiger partial charge in [-0.15, -0.1) is 11.6 Å². The molecule has 1 N–H and O–H groups in total. The Morgan fingerprint density at radius 3 is 2.50 bits per heavy atom. The maximum atomic E-state index is 11.5. The molecule has 0 aliphatic carbocycles. The maximum Gasteiger partial charge on any atom is 0.244 e. The number of nitrogens with zero attached hydrogens (tertiary/aromatic N) is 1. The normalized spacial score (nSPS) is 11.9. The number of rotatable bonds is 4. The second-order valence-electron chi connectivity index (χ2n) is 3.34. The van der Waals surface area contributed by atoms with E-state index in [4.69, 9.17) is 11.6 Å². The first kappa shape index (κ1) is 12.7. The summed E-state index contributed by atoms with van der Waals surface area (Å²) in [5, 5.41) is 9.53. The molecule has 86 valence electrons. The maximum absolute atomic E-state index is 11.5. The van der Waals surface area contributed by atoms with Crippen LogP contribution >= 0.6 is 11.6 Å². The van der Waals surface area contributed by atoms with E-state index >= 15 is 0 Å². The van der Waals surface area contributed by atoms with Crippen molar-refractivity contribution in [3.8, 4) is 0 Å². The van der Waals surface area contributed by atoms with E-state index < -0.39 is 6.23 Å². The van der Waals surface area contributed by atoms with Crippen LogP contribution < -0.4 is 0 Å². The molecular weight excluding hydrogens is 226 g/mol. The summed E-state index contributed by atoms with van der Waals surface area (Å²) in [4.78, 5) is 12.7. The Balaban J connectivity index is 2.97. The van der Waals surface area contributed by atoms with Gasteiger partial charge in [-0.2, -0.15) is 0 Å². The van der Waals surface area contributed by atoms with Crippen molar-refractivity contribution in [1.82, 2.24) is 4.90 Å². The predicted molar refractivity (Wildman–Crippen MR) is 64.7 cm³/mol. The number of aliphatic hydroxyl groups excluding tert-OH is 1. The van der Waals surface area contributed by atoms with Crippen molar-refractivity contribution in [1.29, 1.82) is 0 Å². The number of alkyl halides is 1. The lowest BCUT2D eigenvalue weighted by Crippen LogP contribution is -2.37. The van der Waals surface area contributed by atoms with Crippen LogP contribution in [0.3, 0.4) is 0 Å². The van der Waals surface area contributed by atoms with Crippen LogP contribution in [0, 0.1) is 0 Å². The number of benzene rings is 1. The molecule has 0 saturated carbocycles. The minimum absolute atomic E-state index is 0.184.